The number of hydrogen-bond acceptors (Lipinski definition) is 7. The smallest absolute Gasteiger partial charge is 0.338 e. The van der Waals surface area contributed by atoms with Gasteiger partial charge in [0.15, 0.2) is 18.7 Å². The molecular weight excluding hydrogens is 436 g/mol. The fraction of sp³-hybridized carbons (Fsp3) is 0.296. The van der Waals surface area contributed by atoms with Crippen LogP contribution in [0.25, 0.3) is 0 Å². The second-order valence-corrected chi connectivity index (χ2v) is 8.24. The zero-order chi connectivity index (χ0) is 23.3. The van der Waals surface area contributed by atoms with Crippen LogP contribution in [0.4, 0.5) is 0 Å². The minimum atomic E-state index is -1.18. The van der Waals surface area contributed by atoms with Crippen LogP contribution < -0.4 is 0 Å². The summed E-state index contributed by atoms with van der Waals surface area (Å²) in [6.07, 6.45) is -5.27. The summed E-state index contributed by atoms with van der Waals surface area (Å²) in [6, 6.07) is 27.6. The largest absolute Gasteiger partial charge is 0.450 e. The van der Waals surface area contributed by atoms with Gasteiger partial charge >= 0.3 is 5.97 Å². The van der Waals surface area contributed by atoms with Crippen molar-refractivity contribution in [3.8, 4) is 0 Å². The van der Waals surface area contributed by atoms with Crippen molar-refractivity contribution >= 4 is 5.97 Å². The van der Waals surface area contributed by atoms with Gasteiger partial charge in [-0.2, -0.15) is 0 Å². The first-order valence-electron chi connectivity index (χ1n) is 11.3. The van der Waals surface area contributed by atoms with E-state index in [2.05, 4.69) is 0 Å². The van der Waals surface area contributed by atoms with Gasteiger partial charge in [-0.25, -0.2) is 4.79 Å². The molecule has 176 valence electrons. The molecule has 0 spiro atoms. The van der Waals surface area contributed by atoms with E-state index in [0.29, 0.717) is 5.56 Å². The van der Waals surface area contributed by atoms with Crippen LogP contribution in [0.1, 0.15) is 27.8 Å². The standard InChI is InChI=1S/C27H26O7/c28-22-23-21(17-31-26(34-23)20-14-8-3-9-15-20)32-27(30-16-18-10-4-1-5-11-18)24(22)33-25(29)19-12-6-2-7-13-19/h1-15,21-24,26-28H,16-17H2/t21-,22+,23-,24-,26?,27?/m1/s1. The van der Waals surface area contributed by atoms with Crippen molar-refractivity contribution in [1.82, 2.24) is 0 Å². The molecule has 2 aliphatic heterocycles. The van der Waals surface area contributed by atoms with E-state index in [1.54, 1.807) is 24.3 Å². The molecule has 0 saturated carbocycles. The van der Waals surface area contributed by atoms with E-state index < -0.39 is 43.0 Å². The Morgan fingerprint density at radius 3 is 2.24 bits per heavy atom. The van der Waals surface area contributed by atoms with Crippen molar-refractivity contribution in [3.63, 3.8) is 0 Å². The molecule has 7 heteroatoms. The van der Waals surface area contributed by atoms with Gasteiger partial charge in [0, 0.05) is 5.56 Å². The fourth-order valence-electron chi connectivity index (χ4n) is 4.12. The van der Waals surface area contributed by atoms with Gasteiger partial charge < -0.3 is 28.8 Å². The van der Waals surface area contributed by atoms with E-state index in [-0.39, 0.29) is 13.2 Å². The number of hydrogen-bond donors (Lipinski definition) is 1. The lowest BCUT2D eigenvalue weighted by Crippen LogP contribution is -2.63. The normalized spacial score (nSPS) is 28.6. The summed E-state index contributed by atoms with van der Waals surface area (Å²) in [7, 11) is 0. The molecule has 2 saturated heterocycles. The van der Waals surface area contributed by atoms with Crippen molar-refractivity contribution in [3.05, 3.63) is 108 Å². The number of carbonyl (C=O) groups excluding carboxylic acids is 1. The molecule has 7 nitrogen and oxygen atoms in total. The van der Waals surface area contributed by atoms with Gasteiger partial charge in [-0.05, 0) is 17.7 Å². The Bertz CT molecular complexity index is 1060. The summed E-state index contributed by atoms with van der Waals surface area (Å²) in [5.74, 6) is -0.577. The summed E-state index contributed by atoms with van der Waals surface area (Å²) >= 11 is 0. The zero-order valence-electron chi connectivity index (χ0n) is 18.4. The average molecular weight is 462 g/mol. The van der Waals surface area contributed by atoms with Crippen LogP contribution in [0.15, 0.2) is 91.0 Å². The topological polar surface area (TPSA) is 83.5 Å². The first-order chi connectivity index (χ1) is 16.7. The number of benzene rings is 3. The van der Waals surface area contributed by atoms with E-state index in [1.165, 1.54) is 0 Å². The fourth-order valence-corrected chi connectivity index (χ4v) is 4.12. The first-order valence-corrected chi connectivity index (χ1v) is 11.3. The van der Waals surface area contributed by atoms with E-state index in [9.17, 15) is 9.90 Å². The van der Waals surface area contributed by atoms with Crippen molar-refractivity contribution in [1.29, 1.82) is 0 Å². The van der Waals surface area contributed by atoms with Gasteiger partial charge in [-0.1, -0.05) is 78.9 Å². The zero-order valence-corrected chi connectivity index (χ0v) is 18.4. The van der Waals surface area contributed by atoms with Crippen LogP contribution >= 0.6 is 0 Å². The Morgan fingerprint density at radius 1 is 0.882 bits per heavy atom. The highest BCUT2D eigenvalue weighted by Crippen LogP contribution is 2.35. The van der Waals surface area contributed by atoms with Crippen LogP contribution in [-0.2, 0) is 30.3 Å². The second kappa shape index (κ2) is 10.5. The van der Waals surface area contributed by atoms with E-state index in [0.717, 1.165) is 11.1 Å². The number of fused-ring (bicyclic) bond motifs is 1. The highest BCUT2D eigenvalue weighted by Gasteiger charge is 2.51. The number of esters is 1. The van der Waals surface area contributed by atoms with E-state index in [4.69, 9.17) is 23.7 Å². The quantitative estimate of drug-likeness (QED) is 0.560. The van der Waals surface area contributed by atoms with Crippen LogP contribution in [0.5, 0.6) is 0 Å². The van der Waals surface area contributed by atoms with Gasteiger partial charge in [-0.3, -0.25) is 0 Å². The molecule has 0 bridgehead atoms. The molecule has 34 heavy (non-hydrogen) atoms. The summed E-state index contributed by atoms with van der Waals surface area (Å²) in [4.78, 5) is 12.8. The lowest BCUT2D eigenvalue weighted by Gasteiger charge is -2.47. The maximum atomic E-state index is 12.8. The van der Waals surface area contributed by atoms with E-state index in [1.807, 2.05) is 66.7 Å². The number of aliphatic hydroxyl groups is 1. The number of rotatable bonds is 6. The van der Waals surface area contributed by atoms with Gasteiger partial charge in [0.2, 0.25) is 0 Å². The first kappa shape index (κ1) is 22.7. The molecular formula is C27H26O7. The lowest BCUT2D eigenvalue weighted by atomic mass is 9.97. The Morgan fingerprint density at radius 2 is 1.53 bits per heavy atom. The minimum Gasteiger partial charge on any atom is -0.450 e. The molecule has 5 rings (SSSR count). The maximum absolute atomic E-state index is 12.8. The summed E-state index contributed by atoms with van der Waals surface area (Å²) in [5, 5.41) is 11.3. The predicted molar refractivity (Wildman–Crippen MR) is 122 cm³/mol. The van der Waals surface area contributed by atoms with Crippen LogP contribution in [-0.4, -0.2) is 48.4 Å². The Balaban J connectivity index is 1.35. The van der Waals surface area contributed by atoms with Crippen LogP contribution in [0, 0.1) is 0 Å². The minimum absolute atomic E-state index is 0.200. The summed E-state index contributed by atoms with van der Waals surface area (Å²) < 4.78 is 29.7. The van der Waals surface area contributed by atoms with Crippen LogP contribution in [0.3, 0.4) is 0 Å². The lowest BCUT2D eigenvalue weighted by molar-refractivity contribution is -0.362. The molecule has 0 aliphatic carbocycles. The monoisotopic (exact) mass is 462 g/mol. The third-order valence-electron chi connectivity index (χ3n) is 5.89. The summed E-state index contributed by atoms with van der Waals surface area (Å²) in [5.41, 5.74) is 2.12. The van der Waals surface area contributed by atoms with Crippen LogP contribution in [0.2, 0.25) is 0 Å². The Labute approximate surface area is 197 Å². The summed E-state index contributed by atoms with van der Waals surface area (Å²) in [6.45, 7) is 0.426. The van der Waals surface area contributed by atoms with Crippen molar-refractivity contribution < 1.29 is 33.6 Å². The van der Waals surface area contributed by atoms with Crippen molar-refractivity contribution in [2.45, 2.75) is 43.6 Å². The molecule has 2 unspecified atom stereocenters. The third-order valence-corrected chi connectivity index (χ3v) is 5.89. The SMILES string of the molecule is O=C(O[C@H]1C(OCc2ccccc2)O[C@@H]2COC(c3ccccc3)O[C@H]2[C@@H]1O)c1ccccc1. The van der Waals surface area contributed by atoms with Crippen molar-refractivity contribution in [2.24, 2.45) is 0 Å². The average Bonchev–Trinajstić information content (AvgIpc) is 2.90. The molecule has 1 N–H and O–H groups in total. The number of aliphatic hydroxyl groups excluding tert-OH is 1. The molecule has 0 amide bonds. The molecule has 3 aromatic carbocycles. The molecule has 2 heterocycles. The Kier molecular flexibility index (Phi) is 6.99. The van der Waals surface area contributed by atoms with Gasteiger partial charge in [0.05, 0.1) is 18.8 Å². The highest BCUT2D eigenvalue weighted by molar-refractivity contribution is 5.89. The molecule has 2 fully saturated rings. The van der Waals surface area contributed by atoms with Gasteiger partial charge in [0.1, 0.15) is 18.3 Å². The van der Waals surface area contributed by atoms with Gasteiger partial charge in [0.25, 0.3) is 0 Å². The molecule has 6 atom stereocenters. The highest BCUT2D eigenvalue weighted by atomic mass is 16.8. The van der Waals surface area contributed by atoms with Gasteiger partial charge in [-0.15, -0.1) is 0 Å². The van der Waals surface area contributed by atoms with E-state index >= 15 is 0 Å². The molecule has 0 radical (unpaired) electrons. The predicted octanol–water partition coefficient (Wildman–Crippen LogP) is 3.63. The third kappa shape index (κ3) is 5.04. The number of ether oxygens (including phenoxy) is 5. The molecule has 3 aromatic rings. The second-order valence-electron chi connectivity index (χ2n) is 8.24. The maximum Gasteiger partial charge on any atom is 0.338 e. The Hall–Kier alpha value is -3.07. The molecule has 2 aliphatic rings. The van der Waals surface area contributed by atoms with Crippen molar-refractivity contribution in [2.75, 3.05) is 6.61 Å². The molecule has 0 aromatic heterocycles. The number of carbonyl (C=O) groups is 1.